The van der Waals surface area contributed by atoms with Crippen molar-refractivity contribution in [2.75, 3.05) is 12.3 Å². The van der Waals surface area contributed by atoms with E-state index in [1.165, 1.54) is 12.1 Å². The molecule has 0 fully saturated rings. The Morgan fingerprint density at radius 3 is 2.33 bits per heavy atom. The highest BCUT2D eigenvalue weighted by Gasteiger charge is 2.17. The van der Waals surface area contributed by atoms with E-state index in [9.17, 15) is 18.5 Å². The third-order valence-electron chi connectivity index (χ3n) is 5.20. The summed E-state index contributed by atoms with van der Waals surface area (Å²) < 4.78 is 24.9. The van der Waals surface area contributed by atoms with Crippen molar-refractivity contribution in [2.24, 2.45) is 0 Å². The van der Waals surface area contributed by atoms with Gasteiger partial charge in [0.25, 0.3) is 0 Å². The van der Waals surface area contributed by atoms with Crippen LogP contribution in [-0.2, 0) is 9.84 Å². The van der Waals surface area contributed by atoms with Crippen LogP contribution in [0.2, 0.25) is 5.02 Å². The predicted molar refractivity (Wildman–Crippen MR) is 128 cm³/mol. The summed E-state index contributed by atoms with van der Waals surface area (Å²) in [4.78, 5) is 17.6. The van der Waals surface area contributed by atoms with Crippen molar-refractivity contribution >= 4 is 21.4 Å². The standard InChI is InChI=1S/C24H20ClN3O4S/c25-20-4-1-3-19(15-20)24-22(17-9-11-26-12-10-17)16-23(27-24)18-5-7-21(8-6-18)33(31,32)14-2-13-28(29)30/h1,3-12,15-16,27H,2,13-14H2. The molecular weight excluding hydrogens is 462 g/mol. The molecule has 0 aliphatic rings. The number of pyridine rings is 1. The van der Waals surface area contributed by atoms with E-state index in [1.54, 1.807) is 24.5 Å². The number of halogens is 1. The summed E-state index contributed by atoms with van der Waals surface area (Å²) >= 11 is 6.21. The molecular formula is C24H20ClN3O4S. The van der Waals surface area contributed by atoms with Crippen LogP contribution >= 0.6 is 11.6 Å². The first-order valence-corrected chi connectivity index (χ1v) is 12.2. The molecule has 0 saturated carbocycles. The SMILES string of the molecule is O=[N+]([O-])CCCS(=O)(=O)c1ccc(-c2cc(-c3ccncc3)c(-c3cccc(Cl)c3)[nH]2)cc1. The molecule has 0 amide bonds. The summed E-state index contributed by atoms with van der Waals surface area (Å²) in [6, 6.07) is 19.9. The highest BCUT2D eigenvalue weighted by Crippen LogP contribution is 2.36. The maximum absolute atomic E-state index is 12.5. The third-order valence-corrected chi connectivity index (χ3v) is 7.25. The number of H-pyrrole nitrogens is 1. The van der Waals surface area contributed by atoms with Gasteiger partial charge in [-0.05, 0) is 53.6 Å². The Labute approximate surface area is 196 Å². The lowest BCUT2D eigenvalue weighted by molar-refractivity contribution is -0.479. The zero-order chi connectivity index (χ0) is 23.4. The molecule has 33 heavy (non-hydrogen) atoms. The topological polar surface area (TPSA) is 106 Å². The maximum Gasteiger partial charge on any atom is 0.204 e. The number of rotatable bonds is 8. The fourth-order valence-corrected chi connectivity index (χ4v) is 5.07. The zero-order valence-corrected chi connectivity index (χ0v) is 19.0. The minimum Gasteiger partial charge on any atom is -0.354 e. The van der Waals surface area contributed by atoms with Crippen LogP contribution in [0.5, 0.6) is 0 Å². The first kappa shape index (κ1) is 22.7. The second kappa shape index (κ2) is 9.56. The fourth-order valence-electron chi connectivity index (χ4n) is 3.58. The fraction of sp³-hybridized carbons (Fsp3) is 0.125. The minimum absolute atomic E-state index is 0.0218. The summed E-state index contributed by atoms with van der Waals surface area (Å²) in [5.74, 6) is -0.263. The molecule has 2 aromatic heterocycles. The Kier molecular flexibility index (Phi) is 6.57. The number of nitrogens with one attached hydrogen (secondary N) is 1. The van der Waals surface area contributed by atoms with E-state index in [2.05, 4.69) is 9.97 Å². The Morgan fingerprint density at radius 1 is 0.939 bits per heavy atom. The van der Waals surface area contributed by atoms with Gasteiger partial charge in [-0.15, -0.1) is 0 Å². The van der Waals surface area contributed by atoms with E-state index < -0.39 is 14.8 Å². The van der Waals surface area contributed by atoms with Crippen molar-refractivity contribution in [3.05, 3.63) is 94.3 Å². The number of aromatic amines is 1. The number of hydrogen-bond acceptors (Lipinski definition) is 5. The summed E-state index contributed by atoms with van der Waals surface area (Å²) in [6.07, 6.45) is 3.43. The van der Waals surface area contributed by atoms with Crippen molar-refractivity contribution < 1.29 is 13.3 Å². The van der Waals surface area contributed by atoms with Gasteiger partial charge in [-0.2, -0.15) is 0 Å². The molecule has 0 radical (unpaired) electrons. The molecule has 0 unspecified atom stereocenters. The molecule has 2 heterocycles. The average Bonchev–Trinajstić information content (AvgIpc) is 3.25. The Balaban J connectivity index is 1.69. The van der Waals surface area contributed by atoms with E-state index in [4.69, 9.17) is 11.6 Å². The van der Waals surface area contributed by atoms with E-state index in [0.717, 1.165) is 33.6 Å². The van der Waals surface area contributed by atoms with Crippen LogP contribution in [0.3, 0.4) is 0 Å². The van der Waals surface area contributed by atoms with Crippen LogP contribution in [0, 0.1) is 10.1 Å². The van der Waals surface area contributed by atoms with E-state index in [1.807, 2.05) is 42.5 Å². The van der Waals surface area contributed by atoms with Gasteiger partial charge in [0.1, 0.15) is 0 Å². The van der Waals surface area contributed by atoms with Crippen LogP contribution < -0.4 is 0 Å². The number of nitrogens with zero attached hydrogens (tertiary/aromatic N) is 2. The summed E-state index contributed by atoms with van der Waals surface area (Å²) in [5.41, 5.74) is 5.37. The van der Waals surface area contributed by atoms with Crippen LogP contribution in [-0.4, -0.2) is 35.6 Å². The monoisotopic (exact) mass is 481 g/mol. The molecule has 0 bridgehead atoms. The Bertz CT molecular complexity index is 1380. The van der Waals surface area contributed by atoms with Gasteiger partial charge in [0, 0.05) is 45.6 Å². The molecule has 7 nitrogen and oxygen atoms in total. The van der Waals surface area contributed by atoms with Crippen molar-refractivity contribution in [3.8, 4) is 33.6 Å². The quantitative estimate of drug-likeness (QED) is 0.264. The number of hydrogen-bond donors (Lipinski definition) is 1. The second-order valence-electron chi connectivity index (χ2n) is 7.47. The maximum atomic E-state index is 12.5. The van der Waals surface area contributed by atoms with Gasteiger partial charge < -0.3 is 4.98 Å². The molecule has 4 rings (SSSR count). The molecule has 0 spiro atoms. The van der Waals surface area contributed by atoms with Crippen molar-refractivity contribution in [1.82, 2.24) is 9.97 Å². The molecule has 4 aromatic rings. The van der Waals surface area contributed by atoms with E-state index in [-0.39, 0.29) is 23.6 Å². The first-order valence-electron chi connectivity index (χ1n) is 10.2. The number of aromatic nitrogens is 2. The van der Waals surface area contributed by atoms with Crippen molar-refractivity contribution in [3.63, 3.8) is 0 Å². The van der Waals surface area contributed by atoms with Gasteiger partial charge in [0.05, 0.1) is 16.3 Å². The molecule has 0 aliphatic heterocycles. The lowest BCUT2D eigenvalue weighted by Crippen LogP contribution is -2.11. The van der Waals surface area contributed by atoms with E-state index >= 15 is 0 Å². The lowest BCUT2D eigenvalue weighted by atomic mass is 10.0. The third kappa shape index (κ3) is 5.30. The molecule has 1 N–H and O–H groups in total. The largest absolute Gasteiger partial charge is 0.354 e. The first-order chi connectivity index (χ1) is 15.8. The highest BCUT2D eigenvalue weighted by atomic mass is 35.5. The second-order valence-corrected chi connectivity index (χ2v) is 10.0. The summed E-state index contributed by atoms with van der Waals surface area (Å²) in [7, 11) is -3.58. The summed E-state index contributed by atoms with van der Waals surface area (Å²) in [6.45, 7) is -0.371. The number of sulfone groups is 1. The Morgan fingerprint density at radius 2 is 1.67 bits per heavy atom. The normalized spacial score (nSPS) is 11.4. The summed E-state index contributed by atoms with van der Waals surface area (Å²) in [5, 5.41) is 11.1. The molecule has 168 valence electrons. The van der Waals surface area contributed by atoms with Crippen LogP contribution in [0.15, 0.2) is 84.0 Å². The molecule has 2 aromatic carbocycles. The number of benzene rings is 2. The van der Waals surface area contributed by atoms with E-state index in [0.29, 0.717) is 5.02 Å². The average molecular weight is 482 g/mol. The van der Waals surface area contributed by atoms with Crippen LogP contribution in [0.25, 0.3) is 33.6 Å². The van der Waals surface area contributed by atoms with Crippen LogP contribution in [0.4, 0.5) is 0 Å². The van der Waals surface area contributed by atoms with Crippen molar-refractivity contribution in [1.29, 1.82) is 0 Å². The molecule has 9 heteroatoms. The van der Waals surface area contributed by atoms with Gasteiger partial charge in [0.15, 0.2) is 9.84 Å². The lowest BCUT2D eigenvalue weighted by Gasteiger charge is -2.05. The predicted octanol–water partition coefficient (Wildman–Crippen LogP) is 5.50. The van der Waals surface area contributed by atoms with Crippen LogP contribution in [0.1, 0.15) is 6.42 Å². The van der Waals surface area contributed by atoms with Gasteiger partial charge in [0.2, 0.25) is 6.54 Å². The van der Waals surface area contributed by atoms with Gasteiger partial charge >= 0.3 is 0 Å². The Hall–Kier alpha value is -3.49. The number of nitro groups is 1. The zero-order valence-electron chi connectivity index (χ0n) is 17.4. The molecule has 0 saturated heterocycles. The molecule has 0 atom stereocenters. The highest BCUT2D eigenvalue weighted by molar-refractivity contribution is 7.91. The minimum atomic E-state index is -3.58. The van der Waals surface area contributed by atoms with Gasteiger partial charge in [-0.3, -0.25) is 15.1 Å². The van der Waals surface area contributed by atoms with Gasteiger partial charge in [-0.1, -0.05) is 35.9 Å². The molecule has 0 aliphatic carbocycles. The van der Waals surface area contributed by atoms with Crippen molar-refractivity contribution in [2.45, 2.75) is 11.3 Å². The smallest absolute Gasteiger partial charge is 0.204 e. The van der Waals surface area contributed by atoms with Gasteiger partial charge in [-0.25, -0.2) is 8.42 Å².